The number of aromatic nitrogens is 3. The molecule has 0 bridgehead atoms. The van der Waals surface area contributed by atoms with Crippen LogP contribution < -0.4 is 11.4 Å². The summed E-state index contributed by atoms with van der Waals surface area (Å²) >= 11 is 1.27. The molecule has 70 valence electrons. The second kappa shape index (κ2) is 4.08. The van der Waals surface area contributed by atoms with Crippen LogP contribution in [-0.4, -0.2) is 21.1 Å². The van der Waals surface area contributed by atoms with Crippen molar-refractivity contribution in [1.29, 1.82) is 0 Å². The summed E-state index contributed by atoms with van der Waals surface area (Å²) in [6.45, 7) is 3.51. The lowest BCUT2D eigenvalue weighted by Crippen LogP contribution is -2.33. The molecular formula is C7H10N4OS. The van der Waals surface area contributed by atoms with E-state index in [9.17, 15) is 4.79 Å². The molecule has 5 nitrogen and oxygen atoms in total. The molecule has 0 atom stereocenters. The van der Waals surface area contributed by atoms with Gasteiger partial charge in [0.1, 0.15) is 5.69 Å². The molecule has 0 saturated carbocycles. The van der Waals surface area contributed by atoms with Crippen molar-refractivity contribution in [2.75, 3.05) is 12.1 Å². The zero-order chi connectivity index (χ0) is 9.84. The lowest BCUT2D eigenvalue weighted by atomic mass is 10.3. The summed E-state index contributed by atoms with van der Waals surface area (Å²) in [5.74, 6) is 5.47. The van der Waals surface area contributed by atoms with Crippen molar-refractivity contribution in [3.8, 4) is 0 Å². The molecule has 0 spiro atoms. The fourth-order valence-electron chi connectivity index (χ4n) is 0.824. The molecule has 0 aliphatic rings. The van der Waals surface area contributed by atoms with E-state index in [0.29, 0.717) is 17.3 Å². The van der Waals surface area contributed by atoms with Crippen LogP contribution in [0.15, 0.2) is 22.6 Å². The Bertz CT molecular complexity index is 373. The van der Waals surface area contributed by atoms with Gasteiger partial charge in [-0.3, -0.25) is 4.79 Å². The summed E-state index contributed by atoms with van der Waals surface area (Å²) in [4.78, 5) is 11.4. The highest BCUT2D eigenvalue weighted by atomic mass is 32.2. The number of nitrogens with zero attached hydrogens (tertiary/aromatic N) is 3. The van der Waals surface area contributed by atoms with E-state index in [0.717, 1.165) is 4.68 Å². The molecule has 0 aliphatic heterocycles. The molecule has 13 heavy (non-hydrogen) atoms. The maximum atomic E-state index is 11.4. The summed E-state index contributed by atoms with van der Waals surface area (Å²) in [5, 5.41) is 7.92. The van der Waals surface area contributed by atoms with Gasteiger partial charge >= 0.3 is 0 Å². The van der Waals surface area contributed by atoms with E-state index in [4.69, 9.17) is 5.84 Å². The molecule has 0 unspecified atom stereocenters. The SMILES string of the molecule is C=CCc1nnc(SC)n(N)c1=O. The van der Waals surface area contributed by atoms with E-state index in [1.165, 1.54) is 11.8 Å². The Balaban J connectivity index is 3.23. The molecule has 0 fully saturated rings. The quantitative estimate of drug-likeness (QED) is 0.414. The second-order valence-corrected chi connectivity index (χ2v) is 3.07. The van der Waals surface area contributed by atoms with Crippen LogP contribution in [0.5, 0.6) is 0 Å². The van der Waals surface area contributed by atoms with Crippen molar-refractivity contribution >= 4 is 11.8 Å². The lowest BCUT2D eigenvalue weighted by molar-refractivity contribution is 0.675. The number of hydrogen-bond acceptors (Lipinski definition) is 5. The number of nitrogen functional groups attached to an aromatic ring is 1. The average molecular weight is 198 g/mol. The van der Waals surface area contributed by atoms with Gasteiger partial charge in [-0.05, 0) is 6.26 Å². The van der Waals surface area contributed by atoms with E-state index < -0.39 is 0 Å². The van der Waals surface area contributed by atoms with E-state index in [-0.39, 0.29) is 5.56 Å². The number of nitrogens with two attached hydrogens (primary N) is 1. The summed E-state index contributed by atoms with van der Waals surface area (Å²) in [5.41, 5.74) is -0.00505. The first kappa shape index (κ1) is 9.79. The third kappa shape index (κ3) is 1.89. The van der Waals surface area contributed by atoms with Crippen LogP contribution in [0.1, 0.15) is 5.69 Å². The monoisotopic (exact) mass is 198 g/mol. The van der Waals surface area contributed by atoms with Crippen molar-refractivity contribution in [1.82, 2.24) is 14.9 Å². The highest BCUT2D eigenvalue weighted by molar-refractivity contribution is 7.98. The van der Waals surface area contributed by atoms with Gasteiger partial charge in [-0.15, -0.1) is 16.8 Å². The molecule has 1 aromatic heterocycles. The Morgan fingerprint density at radius 3 is 2.92 bits per heavy atom. The zero-order valence-electron chi connectivity index (χ0n) is 7.23. The van der Waals surface area contributed by atoms with Crippen LogP contribution >= 0.6 is 11.8 Å². The second-order valence-electron chi connectivity index (χ2n) is 2.30. The normalized spacial score (nSPS) is 9.92. The van der Waals surface area contributed by atoms with Gasteiger partial charge in [0.15, 0.2) is 0 Å². The van der Waals surface area contributed by atoms with Crippen molar-refractivity contribution < 1.29 is 0 Å². The first-order valence-corrected chi connectivity index (χ1v) is 4.81. The van der Waals surface area contributed by atoms with Gasteiger partial charge < -0.3 is 5.84 Å². The van der Waals surface area contributed by atoms with Crippen molar-refractivity contribution in [3.05, 3.63) is 28.7 Å². The Morgan fingerprint density at radius 1 is 1.69 bits per heavy atom. The molecule has 0 saturated heterocycles. The van der Waals surface area contributed by atoms with E-state index in [1.54, 1.807) is 12.3 Å². The molecule has 0 aliphatic carbocycles. The van der Waals surface area contributed by atoms with Gasteiger partial charge in [-0.1, -0.05) is 17.8 Å². The maximum Gasteiger partial charge on any atom is 0.294 e. The minimum absolute atomic E-state index is 0.315. The average Bonchev–Trinajstić information content (AvgIpc) is 2.14. The first-order chi connectivity index (χ1) is 6.20. The fourth-order valence-corrected chi connectivity index (χ4v) is 1.23. The fraction of sp³-hybridized carbons (Fsp3) is 0.286. The zero-order valence-corrected chi connectivity index (χ0v) is 8.04. The molecule has 0 aromatic carbocycles. The highest BCUT2D eigenvalue weighted by Crippen LogP contribution is 2.04. The van der Waals surface area contributed by atoms with Gasteiger partial charge in [-0.2, -0.15) is 4.68 Å². The van der Waals surface area contributed by atoms with Gasteiger partial charge in [0.2, 0.25) is 5.16 Å². The third-order valence-corrected chi connectivity index (χ3v) is 2.09. The predicted molar refractivity (Wildman–Crippen MR) is 52.1 cm³/mol. The molecule has 6 heteroatoms. The standard InChI is InChI=1S/C7H10N4OS/c1-3-4-5-6(12)11(8)7(13-2)10-9-5/h3H,1,4,8H2,2H3. The van der Waals surface area contributed by atoms with Gasteiger partial charge in [0.05, 0.1) is 0 Å². The van der Waals surface area contributed by atoms with Gasteiger partial charge in [0.25, 0.3) is 5.56 Å². The number of allylic oxidation sites excluding steroid dienone is 1. The van der Waals surface area contributed by atoms with E-state index in [2.05, 4.69) is 16.8 Å². The van der Waals surface area contributed by atoms with Crippen molar-refractivity contribution in [3.63, 3.8) is 0 Å². The summed E-state index contributed by atoms with van der Waals surface area (Å²) in [7, 11) is 0. The minimum Gasteiger partial charge on any atom is -0.334 e. The Morgan fingerprint density at radius 2 is 2.38 bits per heavy atom. The topological polar surface area (TPSA) is 73.8 Å². The smallest absolute Gasteiger partial charge is 0.294 e. The summed E-state index contributed by atoms with van der Waals surface area (Å²) in [6, 6.07) is 0. The van der Waals surface area contributed by atoms with Crippen LogP contribution in [-0.2, 0) is 6.42 Å². The van der Waals surface area contributed by atoms with Crippen LogP contribution in [0.2, 0.25) is 0 Å². The molecule has 1 heterocycles. The Hall–Kier alpha value is -1.30. The summed E-state index contributed by atoms with van der Waals surface area (Å²) in [6.07, 6.45) is 3.75. The predicted octanol–water partition coefficient (Wildman–Crippen LogP) is -0.197. The Kier molecular flexibility index (Phi) is 3.07. The van der Waals surface area contributed by atoms with Crippen LogP contribution in [0.3, 0.4) is 0 Å². The lowest BCUT2D eigenvalue weighted by Gasteiger charge is -2.03. The molecule has 1 aromatic rings. The molecular weight excluding hydrogens is 188 g/mol. The highest BCUT2D eigenvalue weighted by Gasteiger charge is 2.06. The van der Waals surface area contributed by atoms with Crippen LogP contribution in [0, 0.1) is 0 Å². The molecule has 1 rings (SSSR count). The maximum absolute atomic E-state index is 11.4. The molecule has 0 radical (unpaired) electrons. The van der Waals surface area contributed by atoms with Gasteiger partial charge in [-0.25, -0.2) is 0 Å². The Labute approximate surface area is 79.6 Å². The third-order valence-electron chi connectivity index (χ3n) is 1.45. The minimum atomic E-state index is -0.320. The van der Waals surface area contributed by atoms with Crippen molar-refractivity contribution in [2.24, 2.45) is 0 Å². The van der Waals surface area contributed by atoms with Gasteiger partial charge in [0, 0.05) is 6.42 Å². The van der Waals surface area contributed by atoms with E-state index >= 15 is 0 Å². The molecule has 0 amide bonds. The number of hydrogen-bond donors (Lipinski definition) is 1. The first-order valence-electron chi connectivity index (χ1n) is 3.59. The van der Waals surface area contributed by atoms with Crippen molar-refractivity contribution in [2.45, 2.75) is 11.6 Å². The number of thioether (sulfide) groups is 1. The van der Waals surface area contributed by atoms with Crippen LogP contribution in [0.4, 0.5) is 0 Å². The summed E-state index contributed by atoms with van der Waals surface area (Å²) < 4.78 is 0.997. The molecule has 2 N–H and O–H groups in total. The number of rotatable bonds is 3. The largest absolute Gasteiger partial charge is 0.334 e. The van der Waals surface area contributed by atoms with Crippen LogP contribution in [0.25, 0.3) is 0 Å². The van der Waals surface area contributed by atoms with E-state index in [1.807, 2.05) is 0 Å².